The molecule has 0 aliphatic carbocycles. The van der Waals surface area contributed by atoms with Crippen LogP contribution in [0, 0.1) is 5.82 Å². The lowest BCUT2D eigenvalue weighted by Gasteiger charge is -2.19. The number of halogens is 1. The quantitative estimate of drug-likeness (QED) is 0.708. The molecule has 1 aromatic carbocycles. The van der Waals surface area contributed by atoms with Crippen molar-refractivity contribution in [3.05, 3.63) is 30.1 Å². The number of carbonyl (C=O) groups is 1. The van der Waals surface area contributed by atoms with E-state index in [9.17, 15) is 17.6 Å². The summed E-state index contributed by atoms with van der Waals surface area (Å²) in [6, 6.07) is 5.86. The van der Waals surface area contributed by atoms with E-state index < -0.39 is 21.7 Å². The van der Waals surface area contributed by atoms with Crippen molar-refractivity contribution >= 4 is 21.6 Å². The molecule has 1 rings (SSSR count). The summed E-state index contributed by atoms with van der Waals surface area (Å²) in [5, 5.41) is 2.45. The van der Waals surface area contributed by atoms with Crippen LogP contribution >= 0.6 is 0 Å². The number of rotatable bonds is 9. The Morgan fingerprint density at radius 2 is 1.91 bits per heavy atom. The lowest BCUT2D eigenvalue weighted by Crippen LogP contribution is -2.34. The standard InChI is InChI=1S/C15H23FN2O3S/c1-3-4-7-11-18(22(2,20)21)12-10-15(19)17-14-9-6-5-8-13(14)16/h5-6,8-9H,3-4,7,10-12H2,1-2H3,(H,17,19). The van der Waals surface area contributed by atoms with Crippen LogP contribution in [0.2, 0.25) is 0 Å². The normalized spacial score (nSPS) is 11.6. The summed E-state index contributed by atoms with van der Waals surface area (Å²) in [5.74, 6) is -0.923. The van der Waals surface area contributed by atoms with Gasteiger partial charge in [-0.05, 0) is 18.6 Å². The summed E-state index contributed by atoms with van der Waals surface area (Å²) in [7, 11) is -3.34. The van der Waals surface area contributed by atoms with Crippen molar-refractivity contribution in [2.24, 2.45) is 0 Å². The van der Waals surface area contributed by atoms with Gasteiger partial charge in [-0.3, -0.25) is 4.79 Å². The number of nitrogens with one attached hydrogen (secondary N) is 1. The smallest absolute Gasteiger partial charge is 0.225 e. The summed E-state index contributed by atoms with van der Waals surface area (Å²) < 4.78 is 38.1. The molecule has 0 heterocycles. The first-order valence-corrected chi connectivity index (χ1v) is 9.19. The second kappa shape index (κ2) is 8.85. The number of amides is 1. The Labute approximate surface area is 131 Å². The van der Waals surface area contributed by atoms with Crippen LogP contribution in [-0.4, -0.2) is 38.0 Å². The average molecular weight is 330 g/mol. The zero-order valence-corrected chi connectivity index (χ0v) is 13.8. The Hall–Kier alpha value is -1.47. The van der Waals surface area contributed by atoms with Gasteiger partial charge in [0.05, 0.1) is 11.9 Å². The summed E-state index contributed by atoms with van der Waals surface area (Å²) in [4.78, 5) is 11.8. The van der Waals surface area contributed by atoms with Crippen LogP contribution in [0.4, 0.5) is 10.1 Å². The van der Waals surface area contributed by atoms with E-state index >= 15 is 0 Å². The second-order valence-corrected chi connectivity index (χ2v) is 7.13. The van der Waals surface area contributed by atoms with Gasteiger partial charge in [-0.2, -0.15) is 0 Å². The molecule has 1 N–H and O–H groups in total. The molecule has 22 heavy (non-hydrogen) atoms. The van der Waals surface area contributed by atoms with E-state index in [0.29, 0.717) is 6.54 Å². The first-order chi connectivity index (χ1) is 10.3. The summed E-state index contributed by atoms with van der Waals surface area (Å²) in [6.07, 6.45) is 3.82. The lowest BCUT2D eigenvalue weighted by atomic mass is 10.2. The minimum atomic E-state index is -3.34. The molecule has 5 nitrogen and oxygen atoms in total. The molecule has 124 valence electrons. The highest BCUT2D eigenvalue weighted by Gasteiger charge is 2.17. The molecule has 1 aromatic rings. The lowest BCUT2D eigenvalue weighted by molar-refractivity contribution is -0.116. The Kier molecular flexibility index (Phi) is 7.47. The highest BCUT2D eigenvalue weighted by molar-refractivity contribution is 7.88. The van der Waals surface area contributed by atoms with Crippen LogP contribution < -0.4 is 5.32 Å². The minimum absolute atomic E-state index is 0.00642. The minimum Gasteiger partial charge on any atom is -0.324 e. The van der Waals surface area contributed by atoms with Gasteiger partial charge in [0.15, 0.2) is 0 Å². The fourth-order valence-corrected chi connectivity index (χ4v) is 2.87. The van der Waals surface area contributed by atoms with Gasteiger partial charge in [0, 0.05) is 19.5 Å². The van der Waals surface area contributed by atoms with Crippen LogP contribution in [0.5, 0.6) is 0 Å². The average Bonchev–Trinajstić information content (AvgIpc) is 2.44. The van der Waals surface area contributed by atoms with Gasteiger partial charge in [0.2, 0.25) is 15.9 Å². The van der Waals surface area contributed by atoms with Crippen molar-refractivity contribution in [2.75, 3.05) is 24.7 Å². The molecular weight excluding hydrogens is 307 g/mol. The Morgan fingerprint density at radius 1 is 1.23 bits per heavy atom. The van der Waals surface area contributed by atoms with E-state index in [1.54, 1.807) is 6.07 Å². The highest BCUT2D eigenvalue weighted by atomic mass is 32.2. The zero-order valence-electron chi connectivity index (χ0n) is 13.0. The molecule has 0 radical (unpaired) electrons. The maximum absolute atomic E-state index is 13.4. The predicted octanol–water partition coefficient (Wildman–Crippen LogP) is 2.61. The molecule has 0 unspecified atom stereocenters. The van der Waals surface area contributed by atoms with Crippen molar-refractivity contribution < 1.29 is 17.6 Å². The van der Waals surface area contributed by atoms with E-state index in [2.05, 4.69) is 5.32 Å². The number of nitrogens with zero attached hydrogens (tertiary/aromatic N) is 1. The maximum atomic E-state index is 13.4. The van der Waals surface area contributed by atoms with Gasteiger partial charge >= 0.3 is 0 Å². The number of benzene rings is 1. The first-order valence-electron chi connectivity index (χ1n) is 7.34. The van der Waals surface area contributed by atoms with Crippen LogP contribution in [-0.2, 0) is 14.8 Å². The van der Waals surface area contributed by atoms with Gasteiger partial charge < -0.3 is 5.32 Å². The molecule has 0 aliphatic rings. The third-order valence-corrected chi connectivity index (χ3v) is 4.52. The predicted molar refractivity (Wildman–Crippen MR) is 85.6 cm³/mol. The van der Waals surface area contributed by atoms with Crippen LogP contribution in [0.3, 0.4) is 0 Å². The molecule has 1 amide bonds. The van der Waals surface area contributed by atoms with Gasteiger partial charge in [-0.1, -0.05) is 31.9 Å². The number of unbranched alkanes of at least 4 members (excludes halogenated alkanes) is 2. The van der Waals surface area contributed by atoms with Crippen molar-refractivity contribution in [3.63, 3.8) is 0 Å². The third kappa shape index (κ3) is 6.53. The molecule has 0 bridgehead atoms. The zero-order chi connectivity index (χ0) is 16.6. The van der Waals surface area contributed by atoms with Gasteiger partial charge in [-0.15, -0.1) is 0 Å². The number of sulfonamides is 1. The molecule has 7 heteroatoms. The topological polar surface area (TPSA) is 66.5 Å². The van der Waals surface area contributed by atoms with E-state index in [0.717, 1.165) is 25.5 Å². The Bertz CT molecular complexity index is 590. The SMILES string of the molecule is CCCCCN(CCC(=O)Nc1ccccc1F)S(C)(=O)=O. The Balaban J connectivity index is 2.53. The van der Waals surface area contributed by atoms with Crippen molar-refractivity contribution in [1.82, 2.24) is 4.31 Å². The number of hydrogen-bond acceptors (Lipinski definition) is 3. The number of para-hydroxylation sites is 1. The summed E-state index contributed by atoms with van der Waals surface area (Å²) in [5.41, 5.74) is 0.101. The van der Waals surface area contributed by atoms with Crippen molar-refractivity contribution in [2.45, 2.75) is 32.6 Å². The summed E-state index contributed by atoms with van der Waals surface area (Å²) in [6.45, 7) is 2.54. The van der Waals surface area contributed by atoms with Gasteiger partial charge in [0.25, 0.3) is 0 Å². The van der Waals surface area contributed by atoms with Crippen LogP contribution in [0.1, 0.15) is 32.6 Å². The monoisotopic (exact) mass is 330 g/mol. The third-order valence-electron chi connectivity index (χ3n) is 3.22. The highest BCUT2D eigenvalue weighted by Crippen LogP contribution is 2.13. The van der Waals surface area contributed by atoms with E-state index in [1.807, 2.05) is 6.92 Å². The molecule has 0 saturated heterocycles. The molecule has 0 aliphatic heterocycles. The molecule has 0 saturated carbocycles. The van der Waals surface area contributed by atoms with E-state index in [1.165, 1.54) is 22.5 Å². The second-order valence-electron chi connectivity index (χ2n) is 5.15. The number of hydrogen-bond donors (Lipinski definition) is 1. The van der Waals surface area contributed by atoms with Crippen molar-refractivity contribution in [3.8, 4) is 0 Å². The fourth-order valence-electron chi connectivity index (χ4n) is 1.98. The Morgan fingerprint density at radius 3 is 2.50 bits per heavy atom. The maximum Gasteiger partial charge on any atom is 0.225 e. The molecular formula is C15H23FN2O3S. The largest absolute Gasteiger partial charge is 0.324 e. The number of anilines is 1. The van der Waals surface area contributed by atoms with Gasteiger partial charge in [0.1, 0.15) is 5.82 Å². The molecule has 0 atom stereocenters. The van der Waals surface area contributed by atoms with Crippen LogP contribution in [0.15, 0.2) is 24.3 Å². The van der Waals surface area contributed by atoms with Crippen LogP contribution in [0.25, 0.3) is 0 Å². The fraction of sp³-hybridized carbons (Fsp3) is 0.533. The molecule has 0 fully saturated rings. The summed E-state index contributed by atoms with van der Waals surface area (Å²) >= 11 is 0. The van der Waals surface area contributed by atoms with Crippen molar-refractivity contribution in [1.29, 1.82) is 0 Å². The molecule has 0 aromatic heterocycles. The first kappa shape index (κ1) is 18.6. The number of carbonyl (C=O) groups excluding carboxylic acids is 1. The van der Waals surface area contributed by atoms with E-state index in [-0.39, 0.29) is 18.7 Å². The van der Waals surface area contributed by atoms with E-state index in [4.69, 9.17) is 0 Å². The van der Waals surface area contributed by atoms with Gasteiger partial charge in [-0.25, -0.2) is 17.1 Å². The molecule has 0 spiro atoms.